The smallest absolute Gasteiger partial charge is 0.228 e. The Morgan fingerprint density at radius 1 is 1.42 bits per heavy atom. The molecule has 5 nitrogen and oxygen atoms in total. The first kappa shape index (κ1) is 15.0. The van der Waals surface area contributed by atoms with Gasteiger partial charge in [0.25, 0.3) is 0 Å². The molecule has 0 aliphatic carbocycles. The standard InChI is InChI=1S/C14H19N3O2/c1-3-16-10-11(2)14(18)17-12-4-6-13(7-5-12)19-9-8-15/h4-7,11,16H,3,9-10H2,1-2H3,(H,17,18). The molecule has 1 unspecified atom stereocenters. The molecule has 0 spiro atoms. The fourth-order valence-electron chi connectivity index (χ4n) is 1.47. The van der Waals surface area contributed by atoms with Gasteiger partial charge in [-0.2, -0.15) is 5.26 Å². The Morgan fingerprint density at radius 3 is 2.68 bits per heavy atom. The van der Waals surface area contributed by atoms with Crippen LogP contribution in [0.2, 0.25) is 0 Å². The van der Waals surface area contributed by atoms with Crippen LogP contribution in [0.1, 0.15) is 13.8 Å². The molecule has 1 aromatic carbocycles. The normalized spacial score (nSPS) is 11.4. The number of rotatable bonds is 7. The summed E-state index contributed by atoms with van der Waals surface area (Å²) in [6.45, 7) is 5.41. The van der Waals surface area contributed by atoms with Crippen LogP contribution in [0.25, 0.3) is 0 Å². The van der Waals surface area contributed by atoms with Crippen LogP contribution < -0.4 is 15.4 Å². The lowest BCUT2D eigenvalue weighted by Crippen LogP contribution is -2.30. The fraction of sp³-hybridized carbons (Fsp3) is 0.429. The van der Waals surface area contributed by atoms with Crippen molar-refractivity contribution in [3.8, 4) is 11.8 Å². The van der Waals surface area contributed by atoms with Crippen molar-refractivity contribution in [2.45, 2.75) is 13.8 Å². The lowest BCUT2D eigenvalue weighted by atomic mass is 10.1. The lowest BCUT2D eigenvalue weighted by molar-refractivity contribution is -0.119. The van der Waals surface area contributed by atoms with Crippen molar-refractivity contribution in [3.63, 3.8) is 0 Å². The van der Waals surface area contributed by atoms with E-state index in [1.165, 1.54) is 0 Å². The Labute approximate surface area is 113 Å². The average Bonchev–Trinajstić information content (AvgIpc) is 2.43. The van der Waals surface area contributed by atoms with Crippen LogP contribution >= 0.6 is 0 Å². The van der Waals surface area contributed by atoms with Crippen LogP contribution in [-0.4, -0.2) is 25.6 Å². The van der Waals surface area contributed by atoms with E-state index in [1.807, 2.05) is 19.9 Å². The molecule has 5 heteroatoms. The SMILES string of the molecule is CCNCC(C)C(=O)Nc1ccc(OCC#N)cc1. The highest BCUT2D eigenvalue weighted by atomic mass is 16.5. The summed E-state index contributed by atoms with van der Waals surface area (Å²) in [5.41, 5.74) is 0.720. The van der Waals surface area contributed by atoms with Crippen LogP contribution in [0.3, 0.4) is 0 Å². The quantitative estimate of drug-likeness (QED) is 0.784. The van der Waals surface area contributed by atoms with Gasteiger partial charge in [-0.1, -0.05) is 13.8 Å². The predicted molar refractivity (Wildman–Crippen MR) is 73.9 cm³/mol. The Kier molecular flexibility index (Phi) is 6.41. The van der Waals surface area contributed by atoms with E-state index in [-0.39, 0.29) is 18.4 Å². The van der Waals surface area contributed by atoms with E-state index in [0.29, 0.717) is 12.3 Å². The molecule has 0 bridgehead atoms. The summed E-state index contributed by atoms with van der Waals surface area (Å²) in [6.07, 6.45) is 0. The molecule has 2 N–H and O–H groups in total. The average molecular weight is 261 g/mol. The van der Waals surface area contributed by atoms with Gasteiger partial charge in [-0.05, 0) is 30.8 Å². The molecule has 1 atom stereocenters. The molecular formula is C14H19N3O2. The molecule has 19 heavy (non-hydrogen) atoms. The van der Waals surface area contributed by atoms with Crippen LogP contribution in [0.5, 0.6) is 5.75 Å². The van der Waals surface area contributed by atoms with Crippen molar-refractivity contribution >= 4 is 11.6 Å². The molecule has 0 radical (unpaired) electrons. The second kappa shape index (κ2) is 8.11. The summed E-state index contributed by atoms with van der Waals surface area (Å²) in [7, 11) is 0. The molecule has 1 amide bonds. The Hall–Kier alpha value is -2.06. The topological polar surface area (TPSA) is 74.2 Å². The zero-order chi connectivity index (χ0) is 14.1. The number of carbonyl (C=O) groups is 1. The molecule has 1 aromatic rings. The van der Waals surface area contributed by atoms with E-state index in [1.54, 1.807) is 24.3 Å². The maximum absolute atomic E-state index is 11.8. The number of nitriles is 1. The van der Waals surface area contributed by atoms with Gasteiger partial charge < -0.3 is 15.4 Å². The van der Waals surface area contributed by atoms with Crippen LogP contribution in [0.15, 0.2) is 24.3 Å². The minimum Gasteiger partial charge on any atom is -0.479 e. The first-order valence-corrected chi connectivity index (χ1v) is 6.28. The summed E-state index contributed by atoms with van der Waals surface area (Å²) >= 11 is 0. The summed E-state index contributed by atoms with van der Waals surface area (Å²) in [5, 5.41) is 14.4. The fourth-order valence-corrected chi connectivity index (χ4v) is 1.47. The lowest BCUT2D eigenvalue weighted by Gasteiger charge is -2.12. The number of ether oxygens (including phenoxy) is 1. The van der Waals surface area contributed by atoms with Crippen LogP contribution in [0.4, 0.5) is 5.69 Å². The third-order valence-electron chi connectivity index (χ3n) is 2.57. The van der Waals surface area contributed by atoms with E-state index < -0.39 is 0 Å². The maximum atomic E-state index is 11.8. The maximum Gasteiger partial charge on any atom is 0.228 e. The highest BCUT2D eigenvalue weighted by Gasteiger charge is 2.12. The number of nitrogens with one attached hydrogen (secondary N) is 2. The summed E-state index contributed by atoms with van der Waals surface area (Å²) in [6, 6.07) is 8.86. The summed E-state index contributed by atoms with van der Waals surface area (Å²) in [4.78, 5) is 11.8. The van der Waals surface area contributed by atoms with E-state index in [2.05, 4.69) is 10.6 Å². The van der Waals surface area contributed by atoms with E-state index in [4.69, 9.17) is 10.00 Å². The van der Waals surface area contributed by atoms with Gasteiger partial charge >= 0.3 is 0 Å². The molecule has 1 rings (SSSR count). The molecule has 0 aliphatic heterocycles. The number of amides is 1. The number of hydrogen-bond donors (Lipinski definition) is 2. The minimum absolute atomic E-state index is 0.0193. The van der Waals surface area contributed by atoms with Crippen molar-refractivity contribution in [3.05, 3.63) is 24.3 Å². The van der Waals surface area contributed by atoms with Crippen molar-refractivity contribution in [1.29, 1.82) is 5.26 Å². The van der Waals surface area contributed by atoms with Gasteiger partial charge in [0, 0.05) is 18.2 Å². The number of carbonyl (C=O) groups excluding carboxylic acids is 1. The summed E-state index contributed by atoms with van der Waals surface area (Å²) < 4.78 is 5.13. The Morgan fingerprint density at radius 2 is 2.11 bits per heavy atom. The molecule has 0 saturated heterocycles. The Bertz CT molecular complexity index is 437. The summed E-state index contributed by atoms with van der Waals surface area (Å²) in [5.74, 6) is 0.501. The largest absolute Gasteiger partial charge is 0.479 e. The first-order valence-electron chi connectivity index (χ1n) is 6.28. The van der Waals surface area contributed by atoms with Gasteiger partial charge in [-0.3, -0.25) is 4.79 Å². The van der Waals surface area contributed by atoms with Gasteiger partial charge in [0.1, 0.15) is 11.8 Å². The molecule has 102 valence electrons. The van der Waals surface area contributed by atoms with E-state index >= 15 is 0 Å². The van der Waals surface area contributed by atoms with Crippen molar-refractivity contribution < 1.29 is 9.53 Å². The monoisotopic (exact) mass is 261 g/mol. The van der Waals surface area contributed by atoms with Gasteiger partial charge in [0.05, 0.1) is 0 Å². The van der Waals surface area contributed by atoms with Gasteiger partial charge in [-0.25, -0.2) is 0 Å². The minimum atomic E-state index is -0.0885. The zero-order valence-corrected chi connectivity index (χ0v) is 11.3. The van der Waals surface area contributed by atoms with Gasteiger partial charge in [-0.15, -0.1) is 0 Å². The predicted octanol–water partition coefficient (Wildman–Crippen LogP) is 1.77. The molecule has 0 heterocycles. The molecule has 0 aliphatic rings. The third kappa shape index (κ3) is 5.40. The zero-order valence-electron chi connectivity index (χ0n) is 11.3. The van der Waals surface area contributed by atoms with E-state index in [0.717, 1.165) is 12.2 Å². The number of hydrogen-bond acceptors (Lipinski definition) is 4. The first-order chi connectivity index (χ1) is 9.17. The highest BCUT2D eigenvalue weighted by molar-refractivity contribution is 5.92. The van der Waals surface area contributed by atoms with Gasteiger partial charge in [0.2, 0.25) is 5.91 Å². The second-order valence-electron chi connectivity index (χ2n) is 4.17. The van der Waals surface area contributed by atoms with Crippen molar-refractivity contribution in [2.24, 2.45) is 5.92 Å². The molecule has 0 saturated carbocycles. The van der Waals surface area contributed by atoms with Crippen molar-refractivity contribution in [2.75, 3.05) is 25.0 Å². The molecule has 0 aromatic heterocycles. The third-order valence-corrected chi connectivity index (χ3v) is 2.57. The number of anilines is 1. The molecule has 0 fully saturated rings. The van der Waals surface area contributed by atoms with Crippen LogP contribution in [-0.2, 0) is 4.79 Å². The van der Waals surface area contributed by atoms with Gasteiger partial charge in [0.15, 0.2) is 6.61 Å². The Balaban J connectivity index is 2.48. The van der Waals surface area contributed by atoms with Crippen LogP contribution in [0, 0.1) is 17.2 Å². The highest BCUT2D eigenvalue weighted by Crippen LogP contribution is 2.16. The number of benzene rings is 1. The molecular weight excluding hydrogens is 242 g/mol. The number of nitrogens with zero attached hydrogens (tertiary/aromatic N) is 1. The van der Waals surface area contributed by atoms with E-state index in [9.17, 15) is 4.79 Å². The van der Waals surface area contributed by atoms with Crippen molar-refractivity contribution in [1.82, 2.24) is 5.32 Å². The second-order valence-corrected chi connectivity index (χ2v) is 4.17.